The fourth-order valence-corrected chi connectivity index (χ4v) is 6.86. The largest absolute Gasteiger partial charge is 2.00 e. The van der Waals surface area contributed by atoms with E-state index >= 15 is 0 Å². The Kier molecular flexibility index (Phi) is 13.2. The van der Waals surface area contributed by atoms with Crippen molar-refractivity contribution in [3.8, 4) is 51.5 Å². The normalized spacial score (nSPS) is 11.2. The molecule has 0 atom stereocenters. The van der Waals surface area contributed by atoms with Gasteiger partial charge in [-0.2, -0.15) is 22.9 Å². The molecule has 0 aliphatic rings. The van der Waals surface area contributed by atoms with Crippen molar-refractivity contribution >= 4 is 21.8 Å². The van der Waals surface area contributed by atoms with Crippen LogP contribution in [0, 0.1) is 49.9 Å². The number of nitrogens with zero attached hydrogens (tertiary/aromatic N) is 6. The van der Waals surface area contributed by atoms with Crippen LogP contribution in [0.5, 0.6) is 23.0 Å². The number of aryl methyl sites for hydroxylation is 2. The molecule has 0 saturated carbocycles. The van der Waals surface area contributed by atoms with E-state index in [0.29, 0.717) is 40.8 Å². The molecular weight excluding hydrogens is 1070 g/mol. The van der Waals surface area contributed by atoms with Crippen LogP contribution in [0.25, 0.3) is 50.3 Å². The van der Waals surface area contributed by atoms with Gasteiger partial charge in [0.25, 0.3) is 0 Å². The van der Waals surface area contributed by atoms with E-state index in [-0.39, 0.29) is 42.1 Å². The summed E-state index contributed by atoms with van der Waals surface area (Å²) in [6, 6.07) is 38.4. The molecule has 0 unspecified atom stereocenters. The van der Waals surface area contributed by atoms with Crippen molar-refractivity contribution in [2.24, 2.45) is 11.8 Å². The summed E-state index contributed by atoms with van der Waals surface area (Å²) in [7, 11) is 0. The summed E-state index contributed by atoms with van der Waals surface area (Å²) in [5.41, 5.74) is 9.49. The van der Waals surface area contributed by atoms with Crippen molar-refractivity contribution in [3.63, 3.8) is 0 Å². The SMILES string of the molecule is Cc1ccnc(-c2[c-]c(Oc3[c-]c4c(cc3)c3ccc(Oc5[c-]c(-c6cc(C)ccn6)cc(CC(C)C)c5)[c-]c3n4-c3ncncn3)cc(CC(C)C)c2)c1.[Pt+2].[Pt+2]. The minimum absolute atomic E-state index is 0. The van der Waals surface area contributed by atoms with E-state index in [0.717, 1.165) is 79.4 Å². The Morgan fingerprint density at radius 3 is 1.42 bits per heavy atom. The maximum Gasteiger partial charge on any atom is 2.00 e. The number of benzene rings is 4. The van der Waals surface area contributed by atoms with Gasteiger partial charge in [-0.15, -0.1) is 58.7 Å². The van der Waals surface area contributed by atoms with Crippen LogP contribution in [-0.4, -0.2) is 29.5 Å². The molecule has 0 bridgehead atoms. The van der Waals surface area contributed by atoms with E-state index in [9.17, 15) is 0 Å². The zero-order valence-electron chi connectivity index (χ0n) is 32.4. The van der Waals surface area contributed by atoms with Gasteiger partial charge >= 0.3 is 42.1 Å². The molecule has 0 N–H and O–H groups in total. The average molecular weight is 1110 g/mol. The second kappa shape index (κ2) is 18.0. The minimum atomic E-state index is 0. The first kappa shape index (κ1) is 41.6. The summed E-state index contributed by atoms with van der Waals surface area (Å²) in [4.78, 5) is 22.4. The molecule has 10 heteroatoms. The molecular formula is C47H40N6O2Pt2. The number of ether oxygens (including phenoxy) is 2. The fraction of sp³-hybridized carbons (Fsp3) is 0.213. The summed E-state index contributed by atoms with van der Waals surface area (Å²) in [6.07, 6.45) is 8.39. The molecule has 290 valence electrons. The quantitative estimate of drug-likeness (QED) is 0.119. The number of hydrogen-bond donors (Lipinski definition) is 0. The first-order valence-electron chi connectivity index (χ1n) is 18.5. The Balaban J connectivity index is 0.00000275. The van der Waals surface area contributed by atoms with Crippen LogP contribution in [0.2, 0.25) is 0 Å². The van der Waals surface area contributed by atoms with Gasteiger partial charge in [0.2, 0.25) is 5.95 Å². The standard InChI is InChI=1S/C47H40N6O2.2Pt/c1-29(2)15-33-19-35(43-17-31(5)11-13-49-43)23-39(21-33)54-37-7-9-41-42-10-8-38(26-46(42)53(45(41)25-37)47-51-27-48-28-52-47)55-40-22-34(16-30(3)4)20-36(24-40)44-18-32(6)12-14-50-44;;/h7-14,17-22,27-30H,15-16H2,1-6H3;;/q-4;2*+2. The Labute approximate surface area is 362 Å². The topological polar surface area (TPSA) is 87.8 Å². The molecule has 0 aliphatic heterocycles. The first-order chi connectivity index (χ1) is 26.6. The van der Waals surface area contributed by atoms with E-state index < -0.39 is 0 Å². The van der Waals surface area contributed by atoms with E-state index in [1.54, 1.807) is 0 Å². The van der Waals surface area contributed by atoms with Gasteiger partial charge in [-0.05, 0) is 62.0 Å². The minimum Gasteiger partial charge on any atom is -0.503 e. The molecule has 0 spiro atoms. The van der Waals surface area contributed by atoms with E-state index in [2.05, 4.69) is 115 Å². The van der Waals surface area contributed by atoms with Crippen LogP contribution in [0.1, 0.15) is 49.9 Å². The number of fused-ring (bicyclic) bond motifs is 3. The van der Waals surface area contributed by atoms with Gasteiger partial charge in [0.1, 0.15) is 12.7 Å². The van der Waals surface area contributed by atoms with Crippen molar-refractivity contribution < 1.29 is 51.6 Å². The Morgan fingerprint density at radius 2 is 1.00 bits per heavy atom. The third-order valence-electron chi connectivity index (χ3n) is 9.13. The van der Waals surface area contributed by atoms with Gasteiger partial charge in [0.15, 0.2) is 0 Å². The third-order valence-corrected chi connectivity index (χ3v) is 9.13. The molecule has 8 rings (SSSR count). The predicted molar refractivity (Wildman–Crippen MR) is 216 cm³/mol. The summed E-state index contributed by atoms with van der Waals surface area (Å²) < 4.78 is 15.0. The maximum absolute atomic E-state index is 6.53. The van der Waals surface area contributed by atoms with Gasteiger partial charge in [-0.3, -0.25) is 0 Å². The average Bonchev–Trinajstić information content (AvgIpc) is 3.47. The molecule has 0 fully saturated rings. The number of pyridine rings is 2. The Bertz CT molecular complexity index is 2500. The van der Waals surface area contributed by atoms with Crippen molar-refractivity contribution in [1.29, 1.82) is 0 Å². The summed E-state index contributed by atoms with van der Waals surface area (Å²) in [5.74, 6) is 3.59. The van der Waals surface area contributed by atoms with Gasteiger partial charge in [-0.25, -0.2) is 15.0 Å². The van der Waals surface area contributed by atoms with Gasteiger partial charge < -0.3 is 24.0 Å². The van der Waals surface area contributed by atoms with E-state index in [4.69, 9.17) is 9.47 Å². The van der Waals surface area contributed by atoms with Crippen LogP contribution in [0.4, 0.5) is 0 Å². The van der Waals surface area contributed by atoms with Crippen LogP contribution in [-0.2, 0) is 55.0 Å². The molecule has 4 aromatic carbocycles. The van der Waals surface area contributed by atoms with Gasteiger partial charge in [0, 0.05) is 35.4 Å². The maximum atomic E-state index is 6.53. The van der Waals surface area contributed by atoms with Crippen LogP contribution in [0.3, 0.4) is 0 Å². The molecule has 8 nitrogen and oxygen atoms in total. The second-order valence-electron chi connectivity index (χ2n) is 14.8. The van der Waals surface area contributed by atoms with Gasteiger partial charge in [0.05, 0.1) is 0 Å². The predicted octanol–water partition coefficient (Wildman–Crippen LogP) is 10.9. The van der Waals surface area contributed by atoms with Crippen molar-refractivity contribution in [3.05, 3.63) is 144 Å². The molecule has 4 heterocycles. The first-order valence-corrected chi connectivity index (χ1v) is 18.5. The zero-order valence-corrected chi connectivity index (χ0v) is 37.0. The fourth-order valence-electron chi connectivity index (χ4n) is 6.86. The smallest absolute Gasteiger partial charge is 0.503 e. The number of aromatic nitrogens is 6. The Morgan fingerprint density at radius 1 is 0.544 bits per heavy atom. The molecule has 0 radical (unpaired) electrons. The number of rotatable bonds is 11. The molecule has 0 saturated heterocycles. The molecule has 57 heavy (non-hydrogen) atoms. The molecule has 0 aliphatic carbocycles. The monoisotopic (exact) mass is 1110 g/mol. The second-order valence-corrected chi connectivity index (χ2v) is 14.8. The van der Waals surface area contributed by atoms with Crippen LogP contribution < -0.4 is 9.47 Å². The zero-order chi connectivity index (χ0) is 38.1. The van der Waals surface area contributed by atoms with Crippen molar-refractivity contribution in [2.45, 2.75) is 54.4 Å². The van der Waals surface area contributed by atoms with E-state index in [1.807, 2.05) is 65.5 Å². The van der Waals surface area contributed by atoms with Crippen molar-refractivity contribution in [1.82, 2.24) is 29.5 Å². The van der Waals surface area contributed by atoms with Crippen molar-refractivity contribution in [2.75, 3.05) is 0 Å². The molecule has 8 aromatic rings. The third kappa shape index (κ3) is 9.58. The molecule has 0 amide bonds. The summed E-state index contributed by atoms with van der Waals surface area (Å²) >= 11 is 0. The number of hydrogen-bond acceptors (Lipinski definition) is 7. The molecule has 4 aromatic heterocycles. The summed E-state index contributed by atoms with van der Waals surface area (Å²) in [6.45, 7) is 13.0. The van der Waals surface area contributed by atoms with Gasteiger partial charge in [-0.1, -0.05) is 86.3 Å². The Hall–Kier alpha value is -5.03. The van der Waals surface area contributed by atoms with Crippen LogP contribution in [0.15, 0.2) is 97.8 Å². The van der Waals surface area contributed by atoms with Crippen LogP contribution >= 0.6 is 0 Å². The van der Waals surface area contributed by atoms with E-state index in [1.165, 1.54) is 12.7 Å². The summed E-state index contributed by atoms with van der Waals surface area (Å²) in [5, 5.41) is 1.87.